The third kappa shape index (κ3) is 3.13. The number of carbonyl (C=O) groups excluding carboxylic acids is 1. The maximum atomic E-state index is 12.7. The summed E-state index contributed by atoms with van der Waals surface area (Å²) in [4.78, 5) is 29.3. The molecule has 3 rings (SSSR count). The molecule has 5 heteroatoms. The Bertz CT molecular complexity index is 679. The molecule has 0 unspecified atom stereocenters. The van der Waals surface area contributed by atoms with E-state index in [4.69, 9.17) is 0 Å². The van der Waals surface area contributed by atoms with Crippen molar-refractivity contribution in [3.8, 4) is 0 Å². The summed E-state index contributed by atoms with van der Waals surface area (Å²) >= 11 is 0. The highest BCUT2D eigenvalue weighted by Gasteiger charge is 2.21. The molecule has 1 amide bonds. The first-order valence-corrected chi connectivity index (χ1v) is 7.87. The van der Waals surface area contributed by atoms with Gasteiger partial charge in [0.1, 0.15) is 5.69 Å². The Hall–Kier alpha value is -2.30. The maximum Gasteiger partial charge on any atom is 0.326 e. The van der Waals surface area contributed by atoms with Crippen LogP contribution in [0.1, 0.15) is 41.7 Å². The average molecular weight is 299 g/mol. The summed E-state index contributed by atoms with van der Waals surface area (Å²) in [6, 6.07) is 9.72. The van der Waals surface area contributed by atoms with Crippen LogP contribution in [0.2, 0.25) is 0 Å². The number of aromatic amines is 1. The second-order valence-electron chi connectivity index (χ2n) is 5.76. The van der Waals surface area contributed by atoms with Crippen molar-refractivity contribution in [3.05, 3.63) is 58.3 Å². The third-order valence-corrected chi connectivity index (χ3v) is 4.16. The van der Waals surface area contributed by atoms with Crippen LogP contribution in [0, 0.1) is 0 Å². The minimum atomic E-state index is -0.234. The highest BCUT2D eigenvalue weighted by atomic mass is 16.2. The zero-order valence-electron chi connectivity index (χ0n) is 12.6. The van der Waals surface area contributed by atoms with Gasteiger partial charge < -0.3 is 9.88 Å². The number of likely N-dealkylation sites (tertiary alicyclic amines) is 1. The summed E-state index contributed by atoms with van der Waals surface area (Å²) in [5, 5.41) is 0. The Labute approximate surface area is 129 Å². The SMILES string of the molecule is O=C(c1c[nH]c(=O)n1Cc1ccccc1)N1CCCCCC1. The van der Waals surface area contributed by atoms with Crippen molar-refractivity contribution in [2.24, 2.45) is 0 Å². The van der Waals surface area contributed by atoms with E-state index in [1.54, 1.807) is 6.20 Å². The minimum Gasteiger partial charge on any atom is -0.337 e. The monoisotopic (exact) mass is 299 g/mol. The number of hydrogen-bond donors (Lipinski definition) is 1. The maximum absolute atomic E-state index is 12.7. The van der Waals surface area contributed by atoms with Gasteiger partial charge in [0.05, 0.1) is 6.54 Å². The van der Waals surface area contributed by atoms with Gasteiger partial charge in [-0.3, -0.25) is 9.36 Å². The van der Waals surface area contributed by atoms with Crippen molar-refractivity contribution in [1.29, 1.82) is 0 Å². The largest absolute Gasteiger partial charge is 0.337 e. The lowest BCUT2D eigenvalue weighted by Crippen LogP contribution is -2.34. The molecule has 0 saturated carbocycles. The molecule has 0 bridgehead atoms. The van der Waals surface area contributed by atoms with Crippen molar-refractivity contribution < 1.29 is 4.79 Å². The van der Waals surface area contributed by atoms with Gasteiger partial charge in [-0.15, -0.1) is 0 Å². The molecule has 1 N–H and O–H groups in total. The van der Waals surface area contributed by atoms with Gasteiger partial charge >= 0.3 is 5.69 Å². The van der Waals surface area contributed by atoms with Crippen LogP contribution in [0.4, 0.5) is 0 Å². The molecule has 0 radical (unpaired) electrons. The summed E-state index contributed by atoms with van der Waals surface area (Å²) in [6.07, 6.45) is 5.97. The van der Waals surface area contributed by atoms with Crippen LogP contribution in [0.15, 0.2) is 41.3 Å². The molecule has 0 spiro atoms. The Kier molecular flexibility index (Phi) is 4.42. The van der Waals surface area contributed by atoms with Gasteiger partial charge in [0.25, 0.3) is 5.91 Å². The van der Waals surface area contributed by atoms with Crippen LogP contribution in [-0.2, 0) is 6.54 Å². The molecule has 1 saturated heterocycles. The first-order chi connectivity index (χ1) is 10.8. The van der Waals surface area contributed by atoms with Gasteiger partial charge in [-0.05, 0) is 18.4 Å². The van der Waals surface area contributed by atoms with Crippen LogP contribution in [0.25, 0.3) is 0 Å². The molecule has 1 fully saturated rings. The van der Waals surface area contributed by atoms with Crippen LogP contribution >= 0.6 is 0 Å². The van der Waals surface area contributed by atoms with E-state index < -0.39 is 0 Å². The van der Waals surface area contributed by atoms with Gasteiger partial charge in [0, 0.05) is 19.3 Å². The highest BCUT2D eigenvalue weighted by Crippen LogP contribution is 2.13. The standard InChI is InChI=1S/C17H21N3O2/c21-16(19-10-6-1-2-7-11-19)15-12-18-17(22)20(15)13-14-8-4-3-5-9-14/h3-5,8-9,12H,1-2,6-7,10-11,13H2,(H,18,22). The zero-order chi connectivity index (χ0) is 15.4. The van der Waals surface area contributed by atoms with E-state index in [1.165, 1.54) is 17.4 Å². The zero-order valence-corrected chi connectivity index (χ0v) is 12.6. The molecule has 5 nitrogen and oxygen atoms in total. The number of aromatic nitrogens is 2. The van der Waals surface area contributed by atoms with E-state index in [-0.39, 0.29) is 11.6 Å². The predicted molar refractivity (Wildman–Crippen MR) is 85.0 cm³/mol. The van der Waals surface area contributed by atoms with E-state index >= 15 is 0 Å². The molecule has 1 aromatic heterocycles. The quantitative estimate of drug-likeness (QED) is 0.945. The van der Waals surface area contributed by atoms with E-state index in [0.29, 0.717) is 12.2 Å². The fourth-order valence-corrected chi connectivity index (χ4v) is 2.93. The highest BCUT2D eigenvalue weighted by molar-refractivity contribution is 5.92. The first kappa shape index (κ1) is 14.6. The Balaban J connectivity index is 1.85. The summed E-state index contributed by atoms with van der Waals surface area (Å²) < 4.78 is 1.53. The number of carbonyl (C=O) groups is 1. The minimum absolute atomic E-state index is 0.0452. The Morgan fingerprint density at radius 2 is 1.73 bits per heavy atom. The fourth-order valence-electron chi connectivity index (χ4n) is 2.93. The fraction of sp³-hybridized carbons (Fsp3) is 0.412. The summed E-state index contributed by atoms with van der Waals surface area (Å²) in [6.45, 7) is 1.98. The van der Waals surface area contributed by atoms with Gasteiger partial charge in [-0.1, -0.05) is 43.2 Å². The molecule has 22 heavy (non-hydrogen) atoms. The van der Waals surface area contributed by atoms with Crippen molar-refractivity contribution in [2.75, 3.05) is 13.1 Å². The van der Waals surface area contributed by atoms with Crippen molar-refractivity contribution in [2.45, 2.75) is 32.2 Å². The second-order valence-corrected chi connectivity index (χ2v) is 5.76. The number of rotatable bonds is 3. The Morgan fingerprint density at radius 1 is 1.05 bits per heavy atom. The Morgan fingerprint density at radius 3 is 2.41 bits per heavy atom. The van der Waals surface area contributed by atoms with E-state index in [0.717, 1.165) is 31.5 Å². The normalized spacial score (nSPS) is 15.5. The molecule has 2 aromatic rings. The van der Waals surface area contributed by atoms with E-state index in [1.807, 2.05) is 35.2 Å². The first-order valence-electron chi connectivity index (χ1n) is 7.87. The molecule has 0 atom stereocenters. The number of nitrogens with one attached hydrogen (secondary N) is 1. The number of benzene rings is 1. The molecule has 1 aliphatic rings. The van der Waals surface area contributed by atoms with Gasteiger partial charge in [-0.25, -0.2) is 4.79 Å². The van der Waals surface area contributed by atoms with Crippen molar-refractivity contribution >= 4 is 5.91 Å². The van der Waals surface area contributed by atoms with Crippen LogP contribution in [-0.4, -0.2) is 33.4 Å². The second kappa shape index (κ2) is 6.64. The van der Waals surface area contributed by atoms with Gasteiger partial charge in [-0.2, -0.15) is 0 Å². The van der Waals surface area contributed by atoms with Crippen molar-refractivity contribution in [3.63, 3.8) is 0 Å². The third-order valence-electron chi connectivity index (χ3n) is 4.16. The van der Waals surface area contributed by atoms with Crippen LogP contribution < -0.4 is 5.69 Å². The number of imidazole rings is 1. The summed E-state index contributed by atoms with van der Waals surface area (Å²) in [5.74, 6) is -0.0452. The lowest BCUT2D eigenvalue weighted by molar-refractivity contribution is 0.0751. The van der Waals surface area contributed by atoms with Gasteiger partial charge in [0.15, 0.2) is 0 Å². The lowest BCUT2D eigenvalue weighted by atomic mass is 10.2. The van der Waals surface area contributed by atoms with Crippen molar-refractivity contribution in [1.82, 2.24) is 14.5 Å². The van der Waals surface area contributed by atoms with Crippen LogP contribution in [0.3, 0.4) is 0 Å². The number of amides is 1. The average Bonchev–Trinajstić information content (AvgIpc) is 2.77. The number of H-pyrrole nitrogens is 1. The molecule has 0 aliphatic carbocycles. The molecular formula is C17H21N3O2. The van der Waals surface area contributed by atoms with E-state index in [2.05, 4.69) is 4.98 Å². The van der Waals surface area contributed by atoms with Crippen LogP contribution in [0.5, 0.6) is 0 Å². The molecule has 1 aromatic carbocycles. The smallest absolute Gasteiger partial charge is 0.326 e. The predicted octanol–water partition coefficient (Wildman–Crippen LogP) is 2.24. The van der Waals surface area contributed by atoms with Gasteiger partial charge in [0.2, 0.25) is 0 Å². The molecule has 2 heterocycles. The molecule has 1 aliphatic heterocycles. The molecule has 116 valence electrons. The lowest BCUT2D eigenvalue weighted by Gasteiger charge is -2.20. The summed E-state index contributed by atoms with van der Waals surface area (Å²) in [5.41, 5.74) is 1.23. The number of hydrogen-bond acceptors (Lipinski definition) is 2. The molecular weight excluding hydrogens is 278 g/mol. The number of nitrogens with zero attached hydrogens (tertiary/aromatic N) is 2. The van der Waals surface area contributed by atoms with E-state index in [9.17, 15) is 9.59 Å². The topological polar surface area (TPSA) is 58.1 Å². The summed E-state index contributed by atoms with van der Waals surface area (Å²) in [7, 11) is 0.